The minimum Gasteiger partial charge on any atom is -0.368 e. The average molecular weight is 182 g/mol. The molecule has 70 valence electrons. The van der Waals surface area contributed by atoms with Crippen LogP contribution in [0.1, 0.15) is 11.9 Å². The van der Waals surface area contributed by atoms with Crippen LogP contribution < -0.4 is 5.32 Å². The molecule has 1 atom stereocenters. The topological polar surface area (TPSA) is 70.4 Å². The molecule has 2 heterocycles. The third-order valence-electron chi connectivity index (χ3n) is 2.14. The normalized spacial score (nSPS) is 21.3. The van der Waals surface area contributed by atoms with Crippen molar-refractivity contribution in [3.8, 4) is 0 Å². The number of amides is 2. The number of rotatable bonds is 0. The maximum atomic E-state index is 11.2. The molecule has 0 bridgehead atoms. The fourth-order valence-electron chi connectivity index (χ4n) is 1.32. The molecule has 6 heteroatoms. The van der Waals surface area contributed by atoms with Gasteiger partial charge in [0.15, 0.2) is 12.0 Å². The molecule has 1 unspecified atom stereocenters. The molecule has 0 radical (unpaired) electrons. The zero-order chi connectivity index (χ0) is 9.59. The second-order valence-electron chi connectivity index (χ2n) is 3.00. The number of nitrogens with one attached hydrogen (secondary N) is 1. The lowest BCUT2D eigenvalue weighted by atomic mass is 10.3. The summed E-state index contributed by atoms with van der Waals surface area (Å²) < 4.78 is 1.68. The molecule has 1 aliphatic rings. The Balaban J connectivity index is 2.51. The summed E-state index contributed by atoms with van der Waals surface area (Å²) in [6.07, 6.45) is 0.629. The van der Waals surface area contributed by atoms with Gasteiger partial charge in [0.1, 0.15) is 5.69 Å². The number of anilines is 1. The molecule has 1 aliphatic heterocycles. The fraction of sp³-hybridized carbons (Fsp3) is 0.429. The lowest BCUT2D eigenvalue weighted by molar-refractivity contribution is 0.0417. The van der Waals surface area contributed by atoms with E-state index in [-0.39, 0.29) is 6.03 Å². The van der Waals surface area contributed by atoms with Crippen LogP contribution in [-0.4, -0.2) is 32.6 Å². The van der Waals surface area contributed by atoms with E-state index < -0.39 is 6.23 Å². The maximum absolute atomic E-state index is 11.2. The van der Waals surface area contributed by atoms with Gasteiger partial charge in [0.2, 0.25) is 0 Å². The van der Waals surface area contributed by atoms with Crippen LogP contribution in [0.25, 0.3) is 0 Å². The molecular formula is C7H10N4O2. The van der Waals surface area contributed by atoms with E-state index in [1.165, 1.54) is 11.9 Å². The Bertz CT molecular complexity index is 359. The molecular weight excluding hydrogens is 172 g/mol. The number of fused-ring (bicyclic) bond motifs is 1. The monoisotopic (exact) mass is 182 g/mol. The second kappa shape index (κ2) is 2.46. The van der Waals surface area contributed by atoms with Gasteiger partial charge in [-0.3, -0.25) is 10.2 Å². The zero-order valence-corrected chi connectivity index (χ0v) is 7.35. The maximum Gasteiger partial charge on any atom is 0.325 e. The summed E-state index contributed by atoms with van der Waals surface area (Å²) in [4.78, 5) is 16.3. The summed E-state index contributed by atoms with van der Waals surface area (Å²) in [5, 5.41) is 12.2. The summed E-state index contributed by atoms with van der Waals surface area (Å²) in [5.74, 6) is 0.429. The molecule has 0 saturated carbocycles. The third-order valence-corrected chi connectivity index (χ3v) is 2.14. The number of hydrogen-bond donors (Lipinski definition) is 2. The number of aryl methyl sites for hydroxylation is 1. The molecule has 1 aromatic heterocycles. The number of aliphatic hydroxyl groups is 1. The number of aliphatic hydroxyl groups excluding tert-OH is 1. The van der Waals surface area contributed by atoms with Gasteiger partial charge in [-0.1, -0.05) is 0 Å². The average Bonchev–Trinajstić information content (AvgIpc) is 2.43. The highest BCUT2D eigenvalue weighted by atomic mass is 16.3. The van der Waals surface area contributed by atoms with Crippen LogP contribution >= 0.6 is 0 Å². The molecule has 0 saturated heterocycles. The fourth-order valence-corrected chi connectivity index (χ4v) is 1.32. The van der Waals surface area contributed by atoms with E-state index in [2.05, 4.69) is 10.3 Å². The van der Waals surface area contributed by atoms with Crippen LogP contribution in [0.4, 0.5) is 10.6 Å². The van der Waals surface area contributed by atoms with Crippen LogP contribution in [0.2, 0.25) is 0 Å². The number of hydrogen-bond acceptors (Lipinski definition) is 3. The van der Waals surface area contributed by atoms with Crippen LogP contribution in [0, 0.1) is 0 Å². The Morgan fingerprint density at radius 3 is 3.00 bits per heavy atom. The minimum absolute atomic E-state index is 0.348. The molecule has 1 aromatic rings. The SMILES string of the molecule is CN1C(=O)Nc2ncn(C)c2C1O. The molecule has 0 aromatic carbocycles. The van der Waals surface area contributed by atoms with Crippen molar-refractivity contribution in [2.75, 3.05) is 12.4 Å². The van der Waals surface area contributed by atoms with Crippen molar-refractivity contribution in [3.63, 3.8) is 0 Å². The van der Waals surface area contributed by atoms with Crippen LogP contribution in [0.15, 0.2) is 6.33 Å². The number of imidazole rings is 1. The van der Waals surface area contributed by atoms with Gasteiger partial charge >= 0.3 is 6.03 Å². The van der Waals surface area contributed by atoms with Crippen molar-refractivity contribution in [2.45, 2.75) is 6.23 Å². The van der Waals surface area contributed by atoms with E-state index in [0.717, 1.165) is 0 Å². The second-order valence-corrected chi connectivity index (χ2v) is 3.00. The highest BCUT2D eigenvalue weighted by molar-refractivity contribution is 5.91. The summed E-state index contributed by atoms with van der Waals surface area (Å²) in [7, 11) is 3.29. The van der Waals surface area contributed by atoms with Crippen molar-refractivity contribution < 1.29 is 9.90 Å². The quantitative estimate of drug-likeness (QED) is 0.588. The van der Waals surface area contributed by atoms with E-state index in [1.807, 2.05) is 0 Å². The third kappa shape index (κ3) is 0.988. The van der Waals surface area contributed by atoms with E-state index in [0.29, 0.717) is 11.5 Å². The largest absolute Gasteiger partial charge is 0.368 e. The number of nitrogens with zero attached hydrogens (tertiary/aromatic N) is 3. The first-order valence-corrected chi connectivity index (χ1v) is 3.84. The van der Waals surface area contributed by atoms with E-state index in [4.69, 9.17) is 0 Å². The van der Waals surface area contributed by atoms with Crippen LogP contribution in [-0.2, 0) is 7.05 Å². The number of carbonyl (C=O) groups is 1. The zero-order valence-electron chi connectivity index (χ0n) is 7.35. The Morgan fingerprint density at radius 1 is 1.62 bits per heavy atom. The van der Waals surface area contributed by atoms with Gasteiger partial charge in [0, 0.05) is 14.1 Å². The molecule has 2 N–H and O–H groups in total. The first kappa shape index (κ1) is 8.06. The summed E-state index contributed by atoms with van der Waals surface area (Å²) >= 11 is 0. The molecule has 0 aliphatic carbocycles. The summed E-state index contributed by atoms with van der Waals surface area (Å²) in [6, 6.07) is -0.348. The van der Waals surface area contributed by atoms with Gasteiger partial charge in [-0.15, -0.1) is 0 Å². The Kier molecular flexibility index (Phi) is 1.53. The number of carbonyl (C=O) groups excluding carboxylic acids is 1. The molecule has 13 heavy (non-hydrogen) atoms. The van der Waals surface area contributed by atoms with E-state index in [1.54, 1.807) is 17.9 Å². The van der Waals surface area contributed by atoms with Crippen molar-refractivity contribution in [2.24, 2.45) is 7.05 Å². The minimum atomic E-state index is -0.920. The van der Waals surface area contributed by atoms with Crippen molar-refractivity contribution in [1.82, 2.24) is 14.5 Å². The molecule has 6 nitrogen and oxygen atoms in total. The van der Waals surface area contributed by atoms with Gasteiger partial charge in [-0.25, -0.2) is 9.78 Å². The predicted octanol–water partition coefficient (Wildman–Crippen LogP) is -0.112. The Labute approximate surface area is 74.8 Å². The number of urea groups is 1. The molecule has 2 amide bonds. The van der Waals surface area contributed by atoms with Crippen LogP contribution in [0.3, 0.4) is 0 Å². The Morgan fingerprint density at radius 2 is 2.31 bits per heavy atom. The Hall–Kier alpha value is -1.56. The van der Waals surface area contributed by atoms with Gasteiger partial charge in [-0.05, 0) is 0 Å². The lowest BCUT2D eigenvalue weighted by Crippen LogP contribution is -2.40. The smallest absolute Gasteiger partial charge is 0.325 e. The number of aromatic nitrogens is 2. The van der Waals surface area contributed by atoms with Gasteiger partial charge in [-0.2, -0.15) is 0 Å². The molecule has 2 rings (SSSR count). The van der Waals surface area contributed by atoms with Crippen molar-refractivity contribution >= 4 is 11.8 Å². The standard InChI is InChI=1S/C7H10N4O2/c1-10-3-8-5-4(10)6(12)11(2)7(13)9-5/h3,6,12H,1-2H3,(H,9,13). The predicted molar refractivity (Wildman–Crippen MR) is 44.9 cm³/mol. The van der Waals surface area contributed by atoms with Crippen molar-refractivity contribution in [1.29, 1.82) is 0 Å². The van der Waals surface area contributed by atoms with E-state index >= 15 is 0 Å². The highest BCUT2D eigenvalue weighted by Crippen LogP contribution is 2.27. The van der Waals surface area contributed by atoms with Gasteiger partial charge in [0.05, 0.1) is 6.33 Å². The van der Waals surface area contributed by atoms with Crippen molar-refractivity contribution in [3.05, 3.63) is 12.0 Å². The van der Waals surface area contributed by atoms with E-state index in [9.17, 15) is 9.90 Å². The highest BCUT2D eigenvalue weighted by Gasteiger charge is 2.31. The first-order valence-electron chi connectivity index (χ1n) is 3.84. The summed E-state index contributed by atoms with van der Waals surface area (Å²) in [5.41, 5.74) is 0.599. The first-order chi connectivity index (χ1) is 6.11. The lowest BCUT2D eigenvalue weighted by Gasteiger charge is -2.28. The van der Waals surface area contributed by atoms with Gasteiger partial charge < -0.3 is 9.67 Å². The molecule has 0 fully saturated rings. The summed E-state index contributed by atoms with van der Waals surface area (Å²) in [6.45, 7) is 0. The van der Waals surface area contributed by atoms with Gasteiger partial charge in [0.25, 0.3) is 0 Å². The van der Waals surface area contributed by atoms with Crippen LogP contribution in [0.5, 0.6) is 0 Å². The molecule has 0 spiro atoms.